The number of benzene rings is 2. The van der Waals surface area contributed by atoms with Crippen LogP contribution in [0.5, 0.6) is 5.75 Å². The molecule has 1 amide bonds. The van der Waals surface area contributed by atoms with Gasteiger partial charge in [-0.25, -0.2) is 13.1 Å². The van der Waals surface area contributed by atoms with Crippen LogP contribution in [-0.4, -0.2) is 33.5 Å². The summed E-state index contributed by atoms with van der Waals surface area (Å²) in [6.45, 7) is 5.99. The molecule has 1 aliphatic rings. The summed E-state index contributed by atoms with van der Waals surface area (Å²) in [5.74, 6) is 0.390. The summed E-state index contributed by atoms with van der Waals surface area (Å²) < 4.78 is 32.7. The first-order valence-corrected chi connectivity index (χ1v) is 10.9. The quantitative estimate of drug-likeness (QED) is 0.772. The molecule has 0 unspecified atom stereocenters. The third-order valence-corrected chi connectivity index (χ3v) is 6.28. The minimum Gasteiger partial charge on any atom is -0.483 e. The second-order valence-electron chi connectivity index (χ2n) is 7.06. The van der Waals surface area contributed by atoms with Crippen LogP contribution in [-0.2, 0) is 21.2 Å². The number of amides is 1. The highest BCUT2D eigenvalue weighted by Gasteiger charge is 2.30. The van der Waals surface area contributed by atoms with Gasteiger partial charge in [-0.1, -0.05) is 25.1 Å². The minimum absolute atomic E-state index is 0.0896. The van der Waals surface area contributed by atoms with Gasteiger partial charge < -0.3 is 9.64 Å². The number of sulfonamides is 1. The van der Waals surface area contributed by atoms with Crippen molar-refractivity contribution in [3.8, 4) is 5.75 Å². The topological polar surface area (TPSA) is 75.7 Å². The summed E-state index contributed by atoms with van der Waals surface area (Å²) >= 11 is 0. The summed E-state index contributed by atoms with van der Waals surface area (Å²) in [6.07, 6.45) is 1.55. The lowest BCUT2D eigenvalue weighted by Gasteiger charge is -2.23. The van der Waals surface area contributed by atoms with E-state index in [0.29, 0.717) is 17.9 Å². The Morgan fingerprint density at radius 2 is 2.00 bits per heavy atom. The SMILES string of the molecule is CCCNS(=O)(=O)c1ccc(OCC(=O)N2c3ccccc3C[C@@H]2C)c(C)c1. The van der Waals surface area contributed by atoms with Crippen LogP contribution < -0.4 is 14.4 Å². The van der Waals surface area contributed by atoms with Crippen LogP contribution >= 0.6 is 0 Å². The number of para-hydroxylation sites is 1. The van der Waals surface area contributed by atoms with E-state index < -0.39 is 10.0 Å². The first kappa shape index (κ1) is 20.4. The zero-order valence-electron chi connectivity index (χ0n) is 16.4. The van der Waals surface area contributed by atoms with Crippen molar-refractivity contribution >= 4 is 21.6 Å². The normalized spacial score (nSPS) is 16.1. The lowest BCUT2D eigenvalue weighted by atomic mass is 10.1. The van der Waals surface area contributed by atoms with Crippen molar-refractivity contribution < 1.29 is 17.9 Å². The van der Waals surface area contributed by atoms with Gasteiger partial charge in [0.1, 0.15) is 5.75 Å². The Hall–Kier alpha value is -2.38. The number of ether oxygens (including phenoxy) is 1. The number of carbonyl (C=O) groups excluding carboxylic acids is 1. The maximum Gasteiger partial charge on any atom is 0.265 e. The van der Waals surface area contributed by atoms with E-state index in [9.17, 15) is 13.2 Å². The fraction of sp³-hybridized carbons (Fsp3) is 0.381. The van der Waals surface area contributed by atoms with E-state index >= 15 is 0 Å². The zero-order chi connectivity index (χ0) is 20.3. The third kappa shape index (κ3) is 4.20. The van der Waals surface area contributed by atoms with E-state index in [-0.39, 0.29) is 23.5 Å². The van der Waals surface area contributed by atoms with E-state index in [1.807, 2.05) is 38.1 Å². The van der Waals surface area contributed by atoms with Gasteiger partial charge in [0.05, 0.1) is 4.90 Å². The van der Waals surface area contributed by atoms with Gasteiger partial charge in [0.25, 0.3) is 5.91 Å². The van der Waals surface area contributed by atoms with Crippen LogP contribution in [0.1, 0.15) is 31.4 Å². The zero-order valence-corrected chi connectivity index (χ0v) is 17.3. The highest BCUT2D eigenvalue weighted by Crippen LogP contribution is 2.32. The smallest absolute Gasteiger partial charge is 0.265 e. The molecule has 1 N–H and O–H groups in total. The maximum atomic E-state index is 12.7. The molecular formula is C21H26N2O4S. The number of hydrogen-bond acceptors (Lipinski definition) is 4. The van der Waals surface area contributed by atoms with E-state index in [0.717, 1.165) is 24.1 Å². The molecule has 1 aliphatic heterocycles. The van der Waals surface area contributed by atoms with Crippen LogP contribution in [0.3, 0.4) is 0 Å². The highest BCUT2D eigenvalue weighted by molar-refractivity contribution is 7.89. The number of aryl methyl sites for hydroxylation is 1. The molecule has 2 aromatic rings. The van der Waals surface area contributed by atoms with Crippen molar-refractivity contribution in [2.45, 2.75) is 44.6 Å². The van der Waals surface area contributed by atoms with Gasteiger partial charge in [0.15, 0.2) is 6.61 Å². The molecule has 7 heteroatoms. The summed E-state index contributed by atoms with van der Waals surface area (Å²) in [6, 6.07) is 12.6. The molecule has 0 fully saturated rings. The summed E-state index contributed by atoms with van der Waals surface area (Å²) in [5, 5.41) is 0. The minimum atomic E-state index is -3.53. The third-order valence-electron chi connectivity index (χ3n) is 4.83. The van der Waals surface area contributed by atoms with Gasteiger partial charge in [-0.3, -0.25) is 4.79 Å². The fourth-order valence-electron chi connectivity index (χ4n) is 3.43. The Labute approximate surface area is 166 Å². The van der Waals surface area contributed by atoms with Gasteiger partial charge in [0.2, 0.25) is 10.0 Å². The number of carbonyl (C=O) groups is 1. The lowest BCUT2D eigenvalue weighted by Crippen LogP contribution is -2.39. The number of nitrogens with zero attached hydrogens (tertiary/aromatic N) is 1. The predicted octanol–water partition coefficient (Wildman–Crippen LogP) is 3.04. The molecule has 0 aliphatic carbocycles. The number of fused-ring (bicyclic) bond motifs is 1. The van der Waals surface area contributed by atoms with Gasteiger partial charge >= 0.3 is 0 Å². The Morgan fingerprint density at radius 3 is 2.71 bits per heavy atom. The summed E-state index contributed by atoms with van der Waals surface area (Å²) in [4.78, 5) is 14.7. The molecule has 28 heavy (non-hydrogen) atoms. The predicted molar refractivity (Wildman–Crippen MR) is 109 cm³/mol. The molecular weight excluding hydrogens is 376 g/mol. The molecule has 1 heterocycles. The average molecular weight is 403 g/mol. The molecule has 0 radical (unpaired) electrons. The molecule has 2 aromatic carbocycles. The van der Waals surface area contributed by atoms with E-state index in [1.165, 1.54) is 6.07 Å². The Morgan fingerprint density at radius 1 is 1.25 bits per heavy atom. The van der Waals surface area contributed by atoms with Crippen molar-refractivity contribution in [3.05, 3.63) is 53.6 Å². The summed E-state index contributed by atoms with van der Waals surface area (Å²) in [5.41, 5.74) is 2.76. The second-order valence-corrected chi connectivity index (χ2v) is 8.83. The molecule has 0 aromatic heterocycles. The average Bonchev–Trinajstić information content (AvgIpc) is 3.01. The van der Waals surface area contributed by atoms with Crippen LogP contribution in [0.2, 0.25) is 0 Å². The van der Waals surface area contributed by atoms with Crippen LogP contribution in [0.15, 0.2) is 47.4 Å². The molecule has 6 nitrogen and oxygen atoms in total. The Kier molecular flexibility index (Phi) is 6.05. The molecule has 3 rings (SSSR count). The number of nitrogens with one attached hydrogen (secondary N) is 1. The Bertz CT molecular complexity index is 972. The van der Waals surface area contributed by atoms with E-state index in [4.69, 9.17) is 4.74 Å². The molecule has 0 bridgehead atoms. The van der Waals surface area contributed by atoms with Crippen molar-refractivity contribution in [2.24, 2.45) is 0 Å². The number of anilines is 1. The number of rotatable bonds is 7. The fourth-order valence-corrected chi connectivity index (χ4v) is 4.64. The highest BCUT2D eigenvalue weighted by atomic mass is 32.2. The van der Waals surface area contributed by atoms with Crippen LogP contribution in [0.4, 0.5) is 5.69 Å². The van der Waals surface area contributed by atoms with Gasteiger partial charge in [-0.05, 0) is 62.1 Å². The monoisotopic (exact) mass is 402 g/mol. The number of hydrogen-bond donors (Lipinski definition) is 1. The maximum absolute atomic E-state index is 12.7. The molecule has 150 valence electrons. The van der Waals surface area contributed by atoms with Gasteiger partial charge in [-0.15, -0.1) is 0 Å². The van der Waals surface area contributed by atoms with E-state index in [1.54, 1.807) is 24.0 Å². The van der Waals surface area contributed by atoms with Gasteiger partial charge in [0, 0.05) is 18.3 Å². The van der Waals surface area contributed by atoms with E-state index in [2.05, 4.69) is 4.72 Å². The largest absolute Gasteiger partial charge is 0.483 e. The molecule has 0 saturated heterocycles. The van der Waals surface area contributed by atoms with Crippen molar-refractivity contribution in [1.82, 2.24) is 4.72 Å². The van der Waals surface area contributed by atoms with Crippen molar-refractivity contribution in [2.75, 3.05) is 18.1 Å². The molecule has 0 spiro atoms. The molecule has 1 atom stereocenters. The Balaban J connectivity index is 1.69. The second kappa shape index (κ2) is 8.32. The lowest BCUT2D eigenvalue weighted by molar-refractivity contribution is -0.120. The first-order chi connectivity index (χ1) is 13.3. The van der Waals surface area contributed by atoms with Crippen LogP contribution in [0.25, 0.3) is 0 Å². The standard InChI is InChI=1S/C21H26N2O4S/c1-4-11-22-28(25,26)18-9-10-20(15(2)12-18)27-14-21(24)23-16(3)13-17-7-5-6-8-19(17)23/h5-10,12,16,22H,4,11,13-14H2,1-3H3/t16-/m0/s1. The van der Waals surface area contributed by atoms with Gasteiger partial charge in [-0.2, -0.15) is 0 Å². The van der Waals surface area contributed by atoms with Crippen molar-refractivity contribution in [3.63, 3.8) is 0 Å². The molecule has 0 saturated carbocycles. The van der Waals surface area contributed by atoms with Crippen molar-refractivity contribution in [1.29, 1.82) is 0 Å². The summed E-state index contributed by atoms with van der Waals surface area (Å²) in [7, 11) is -3.53. The van der Waals surface area contributed by atoms with Crippen LogP contribution in [0, 0.1) is 6.92 Å². The first-order valence-electron chi connectivity index (χ1n) is 9.46.